The van der Waals surface area contributed by atoms with Gasteiger partial charge in [-0.3, -0.25) is 9.59 Å². The summed E-state index contributed by atoms with van der Waals surface area (Å²) in [5.74, 6) is -2.81. The third-order valence-electron chi connectivity index (χ3n) is 2.86. The molecule has 0 unspecified atom stereocenters. The van der Waals surface area contributed by atoms with E-state index in [1.165, 1.54) is 6.07 Å². The van der Waals surface area contributed by atoms with Gasteiger partial charge in [0.15, 0.2) is 0 Å². The summed E-state index contributed by atoms with van der Waals surface area (Å²) in [5.41, 5.74) is 0.393. The molecule has 1 aromatic rings. The van der Waals surface area contributed by atoms with Crippen molar-refractivity contribution in [2.75, 3.05) is 0 Å². The minimum atomic E-state index is -1.22. The molecule has 7 nitrogen and oxygen atoms in total. The SMILES string of the molecule is O=C(O)CCC[C@@H](NC(=O)Cc1ccccc1O)C(=O)O. The third-order valence-corrected chi connectivity index (χ3v) is 2.86. The summed E-state index contributed by atoms with van der Waals surface area (Å²) >= 11 is 0. The monoisotopic (exact) mass is 295 g/mol. The van der Waals surface area contributed by atoms with E-state index in [4.69, 9.17) is 10.2 Å². The first-order chi connectivity index (χ1) is 9.90. The summed E-state index contributed by atoms with van der Waals surface area (Å²) in [7, 11) is 0. The molecule has 1 amide bonds. The number of phenols is 1. The van der Waals surface area contributed by atoms with Gasteiger partial charge in [-0.25, -0.2) is 4.79 Å². The van der Waals surface area contributed by atoms with Crippen LogP contribution in [0.2, 0.25) is 0 Å². The molecule has 0 fully saturated rings. The molecule has 0 heterocycles. The van der Waals surface area contributed by atoms with Crippen molar-refractivity contribution in [3.05, 3.63) is 29.8 Å². The highest BCUT2D eigenvalue weighted by Gasteiger charge is 2.20. The number of hydrogen-bond acceptors (Lipinski definition) is 4. The number of carbonyl (C=O) groups is 3. The number of aromatic hydroxyl groups is 1. The molecule has 0 aromatic heterocycles. The smallest absolute Gasteiger partial charge is 0.326 e. The van der Waals surface area contributed by atoms with Gasteiger partial charge in [-0.2, -0.15) is 0 Å². The van der Waals surface area contributed by atoms with Crippen LogP contribution in [0.15, 0.2) is 24.3 Å². The summed E-state index contributed by atoms with van der Waals surface area (Å²) in [4.78, 5) is 33.2. The molecule has 0 spiro atoms. The Bertz CT molecular complexity index is 528. The second-order valence-corrected chi connectivity index (χ2v) is 4.55. The number of benzene rings is 1. The molecular weight excluding hydrogens is 278 g/mol. The molecule has 7 heteroatoms. The Morgan fingerprint density at radius 3 is 2.38 bits per heavy atom. The topological polar surface area (TPSA) is 124 Å². The second-order valence-electron chi connectivity index (χ2n) is 4.55. The van der Waals surface area contributed by atoms with Gasteiger partial charge in [0.05, 0.1) is 6.42 Å². The molecular formula is C14H17NO6. The number of hydrogen-bond donors (Lipinski definition) is 4. The Hall–Kier alpha value is -2.57. The summed E-state index contributed by atoms with van der Waals surface area (Å²) in [6.07, 6.45) is -0.105. The van der Waals surface area contributed by atoms with Crippen LogP contribution >= 0.6 is 0 Å². The number of carbonyl (C=O) groups excluding carboxylic acids is 1. The van der Waals surface area contributed by atoms with Gasteiger partial charge in [0.2, 0.25) is 5.91 Å². The van der Waals surface area contributed by atoms with E-state index in [1.54, 1.807) is 18.2 Å². The van der Waals surface area contributed by atoms with Crippen molar-refractivity contribution in [2.24, 2.45) is 0 Å². The van der Waals surface area contributed by atoms with Gasteiger partial charge >= 0.3 is 11.9 Å². The van der Waals surface area contributed by atoms with Crippen LogP contribution in [0.3, 0.4) is 0 Å². The predicted molar refractivity (Wildman–Crippen MR) is 72.9 cm³/mol. The Labute approximate surface area is 121 Å². The summed E-state index contributed by atoms with van der Waals surface area (Å²) in [6.45, 7) is 0. The first kappa shape index (κ1) is 16.5. The fourth-order valence-electron chi connectivity index (χ4n) is 1.79. The van der Waals surface area contributed by atoms with E-state index in [2.05, 4.69) is 5.32 Å². The minimum absolute atomic E-state index is 0.0359. The van der Waals surface area contributed by atoms with Crippen LogP contribution in [-0.2, 0) is 20.8 Å². The molecule has 0 bridgehead atoms. The van der Waals surface area contributed by atoms with Crippen molar-refractivity contribution >= 4 is 17.8 Å². The van der Waals surface area contributed by atoms with E-state index in [9.17, 15) is 19.5 Å². The van der Waals surface area contributed by atoms with Gasteiger partial charge in [0.1, 0.15) is 11.8 Å². The standard InChI is InChI=1S/C14H17NO6/c16-11-6-2-1-4-9(11)8-12(17)15-10(14(20)21)5-3-7-13(18)19/h1-2,4,6,10,16H,3,5,7-8H2,(H,15,17)(H,18,19)(H,20,21)/t10-/m1/s1. The maximum Gasteiger partial charge on any atom is 0.326 e. The zero-order valence-electron chi connectivity index (χ0n) is 11.3. The van der Waals surface area contributed by atoms with Crippen molar-refractivity contribution in [2.45, 2.75) is 31.7 Å². The quantitative estimate of drug-likeness (QED) is 0.561. The van der Waals surface area contributed by atoms with Gasteiger partial charge in [-0.1, -0.05) is 18.2 Å². The summed E-state index contributed by atoms with van der Waals surface area (Å²) < 4.78 is 0. The molecule has 1 rings (SSSR count). The zero-order valence-corrected chi connectivity index (χ0v) is 11.3. The van der Waals surface area contributed by atoms with E-state index in [-0.39, 0.29) is 31.4 Å². The van der Waals surface area contributed by atoms with Crippen LogP contribution in [0, 0.1) is 0 Å². The van der Waals surface area contributed by atoms with Gasteiger partial charge in [-0.05, 0) is 18.9 Å². The highest BCUT2D eigenvalue weighted by molar-refractivity contribution is 5.85. The lowest BCUT2D eigenvalue weighted by Crippen LogP contribution is -2.41. The van der Waals surface area contributed by atoms with Crippen LogP contribution in [0.4, 0.5) is 0 Å². The van der Waals surface area contributed by atoms with Crippen LogP contribution in [0.5, 0.6) is 5.75 Å². The highest BCUT2D eigenvalue weighted by atomic mass is 16.4. The fraction of sp³-hybridized carbons (Fsp3) is 0.357. The molecule has 21 heavy (non-hydrogen) atoms. The molecule has 114 valence electrons. The lowest BCUT2D eigenvalue weighted by Gasteiger charge is -2.14. The zero-order chi connectivity index (χ0) is 15.8. The molecule has 4 N–H and O–H groups in total. The van der Waals surface area contributed by atoms with Crippen LogP contribution < -0.4 is 5.32 Å². The van der Waals surface area contributed by atoms with Crippen molar-refractivity contribution in [1.82, 2.24) is 5.32 Å². The highest BCUT2D eigenvalue weighted by Crippen LogP contribution is 2.16. The minimum Gasteiger partial charge on any atom is -0.508 e. The Balaban J connectivity index is 2.54. The molecule has 1 atom stereocenters. The first-order valence-electron chi connectivity index (χ1n) is 6.41. The number of aliphatic carboxylic acids is 2. The number of carboxylic acid groups (broad SMARTS) is 2. The molecule has 0 saturated heterocycles. The average Bonchev–Trinajstić information content (AvgIpc) is 2.39. The van der Waals surface area contributed by atoms with E-state index in [1.807, 2.05) is 0 Å². The fourth-order valence-corrected chi connectivity index (χ4v) is 1.79. The number of carboxylic acids is 2. The molecule has 0 aliphatic heterocycles. The number of phenolic OH excluding ortho intramolecular Hbond substituents is 1. The number of rotatable bonds is 8. The normalized spacial score (nSPS) is 11.6. The number of nitrogens with one attached hydrogen (secondary N) is 1. The van der Waals surface area contributed by atoms with E-state index in [0.717, 1.165) is 0 Å². The largest absolute Gasteiger partial charge is 0.508 e. The molecule has 0 saturated carbocycles. The lowest BCUT2D eigenvalue weighted by atomic mass is 10.1. The molecule has 1 aromatic carbocycles. The third kappa shape index (κ3) is 5.94. The number of amides is 1. The summed E-state index contributed by atoms with van der Waals surface area (Å²) in [5, 5.41) is 29.4. The average molecular weight is 295 g/mol. The van der Waals surface area contributed by atoms with Crippen molar-refractivity contribution in [3.8, 4) is 5.75 Å². The Morgan fingerprint density at radius 1 is 1.14 bits per heavy atom. The first-order valence-corrected chi connectivity index (χ1v) is 6.41. The molecule has 0 radical (unpaired) electrons. The summed E-state index contributed by atoms with van der Waals surface area (Å²) in [6, 6.07) is 5.13. The number of para-hydroxylation sites is 1. The van der Waals surface area contributed by atoms with Crippen LogP contribution in [-0.4, -0.2) is 39.2 Å². The molecule has 0 aliphatic rings. The van der Waals surface area contributed by atoms with Gasteiger partial charge in [0, 0.05) is 12.0 Å². The predicted octanol–water partition coefficient (Wildman–Crippen LogP) is 0.759. The Kier molecular flexibility index (Phi) is 6.19. The van der Waals surface area contributed by atoms with E-state index in [0.29, 0.717) is 5.56 Å². The van der Waals surface area contributed by atoms with E-state index < -0.39 is 23.9 Å². The maximum atomic E-state index is 11.8. The van der Waals surface area contributed by atoms with Crippen molar-refractivity contribution < 1.29 is 29.7 Å². The second kappa shape index (κ2) is 7.88. The van der Waals surface area contributed by atoms with Crippen LogP contribution in [0.1, 0.15) is 24.8 Å². The van der Waals surface area contributed by atoms with E-state index >= 15 is 0 Å². The van der Waals surface area contributed by atoms with Gasteiger partial charge in [0.25, 0.3) is 0 Å². The maximum absolute atomic E-state index is 11.8. The van der Waals surface area contributed by atoms with Crippen molar-refractivity contribution in [3.63, 3.8) is 0 Å². The lowest BCUT2D eigenvalue weighted by molar-refractivity contribution is -0.142. The van der Waals surface area contributed by atoms with Crippen LogP contribution in [0.25, 0.3) is 0 Å². The van der Waals surface area contributed by atoms with Crippen molar-refractivity contribution in [1.29, 1.82) is 0 Å². The Morgan fingerprint density at radius 2 is 1.81 bits per heavy atom. The van der Waals surface area contributed by atoms with Gasteiger partial charge in [-0.15, -0.1) is 0 Å². The van der Waals surface area contributed by atoms with Gasteiger partial charge < -0.3 is 20.6 Å². The molecule has 0 aliphatic carbocycles.